The highest BCUT2D eigenvalue weighted by Crippen LogP contribution is 2.16. The molecule has 1 rings (SSSR count). The lowest BCUT2D eigenvalue weighted by Gasteiger charge is -2.10. The van der Waals surface area contributed by atoms with Gasteiger partial charge in [-0.3, -0.25) is 0 Å². The summed E-state index contributed by atoms with van der Waals surface area (Å²) >= 11 is 0. The molecule has 0 aliphatic rings. The summed E-state index contributed by atoms with van der Waals surface area (Å²) in [5.41, 5.74) is 0. The summed E-state index contributed by atoms with van der Waals surface area (Å²) in [6.45, 7) is 5.89. The molecule has 1 aromatic rings. The Bertz CT molecular complexity index is 339. The van der Waals surface area contributed by atoms with Crippen molar-refractivity contribution in [3.05, 3.63) is 30.6 Å². The quantitative estimate of drug-likeness (QED) is 0.242. The number of pyridine rings is 1. The first-order valence-electron chi connectivity index (χ1n) is 9.77. The SMILES string of the molecule is CCCCCCCCCCC[C@H](C)CCC[n+]1ccccc1.[I-]. The zero-order valence-electron chi connectivity index (χ0n) is 15.5. The molecule has 1 atom stereocenters. The van der Waals surface area contributed by atoms with Crippen molar-refractivity contribution in [2.45, 2.75) is 97.4 Å². The Morgan fingerprint density at radius 3 is 1.83 bits per heavy atom. The van der Waals surface area contributed by atoms with Crippen LogP contribution in [0.25, 0.3) is 0 Å². The van der Waals surface area contributed by atoms with E-state index < -0.39 is 0 Å². The number of unbranched alkanes of at least 4 members (excludes halogenated alkanes) is 8. The molecule has 0 saturated carbocycles. The molecule has 0 radical (unpaired) electrons. The third kappa shape index (κ3) is 14.0. The molecule has 0 fully saturated rings. The van der Waals surface area contributed by atoms with Gasteiger partial charge in [0.15, 0.2) is 12.4 Å². The van der Waals surface area contributed by atoms with Crippen LogP contribution in [0.5, 0.6) is 0 Å². The van der Waals surface area contributed by atoms with Crippen LogP contribution in [-0.4, -0.2) is 0 Å². The second-order valence-electron chi connectivity index (χ2n) is 6.98. The Morgan fingerprint density at radius 2 is 1.22 bits per heavy atom. The average molecular weight is 431 g/mol. The average Bonchev–Trinajstić information content (AvgIpc) is 2.54. The van der Waals surface area contributed by atoms with E-state index in [1.54, 1.807) is 0 Å². The molecular formula is C21H38IN. The molecule has 0 saturated heterocycles. The third-order valence-electron chi connectivity index (χ3n) is 4.69. The van der Waals surface area contributed by atoms with Gasteiger partial charge in [0.2, 0.25) is 0 Å². The number of hydrogen-bond acceptors (Lipinski definition) is 0. The fourth-order valence-corrected chi connectivity index (χ4v) is 3.15. The van der Waals surface area contributed by atoms with Crippen LogP contribution in [0, 0.1) is 5.92 Å². The highest BCUT2D eigenvalue weighted by Gasteiger charge is 2.04. The molecular weight excluding hydrogens is 393 g/mol. The topological polar surface area (TPSA) is 3.88 Å². The molecule has 134 valence electrons. The Labute approximate surface area is 162 Å². The monoisotopic (exact) mass is 431 g/mol. The second kappa shape index (κ2) is 16.7. The molecule has 0 aliphatic heterocycles. The van der Waals surface area contributed by atoms with Gasteiger partial charge in [-0.15, -0.1) is 0 Å². The number of aromatic nitrogens is 1. The molecule has 1 aromatic heterocycles. The van der Waals surface area contributed by atoms with Crippen molar-refractivity contribution in [1.82, 2.24) is 0 Å². The van der Waals surface area contributed by atoms with E-state index in [1.807, 2.05) is 0 Å². The first kappa shape index (κ1) is 22.9. The molecule has 0 amide bonds. The van der Waals surface area contributed by atoms with E-state index in [-0.39, 0.29) is 24.0 Å². The van der Waals surface area contributed by atoms with Gasteiger partial charge in [0.1, 0.15) is 6.54 Å². The second-order valence-corrected chi connectivity index (χ2v) is 6.98. The van der Waals surface area contributed by atoms with Crippen LogP contribution >= 0.6 is 0 Å². The summed E-state index contributed by atoms with van der Waals surface area (Å²) in [5.74, 6) is 0.897. The van der Waals surface area contributed by atoms with E-state index in [9.17, 15) is 0 Å². The summed E-state index contributed by atoms with van der Waals surface area (Å²) in [6, 6.07) is 6.32. The molecule has 0 unspecified atom stereocenters. The van der Waals surface area contributed by atoms with E-state index >= 15 is 0 Å². The first-order valence-corrected chi connectivity index (χ1v) is 9.77. The summed E-state index contributed by atoms with van der Waals surface area (Å²) in [5, 5.41) is 0. The molecule has 0 spiro atoms. The fraction of sp³-hybridized carbons (Fsp3) is 0.762. The predicted octanol–water partition coefficient (Wildman–Crippen LogP) is 3.32. The minimum Gasteiger partial charge on any atom is -1.00 e. The van der Waals surface area contributed by atoms with Gasteiger partial charge in [-0.25, -0.2) is 4.57 Å². The van der Waals surface area contributed by atoms with Gasteiger partial charge in [0.05, 0.1) is 0 Å². The van der Waals surface area contributed by atoms with Crippen molar-refractivity contribution in [1.29, 1.82) is 0 Å². The Balaban J connectivity index is 0.00000484. The van der Waals surface area contributed by atoms with E-state index in [2.05, 4.69) is 49.0 Å². The summed E-state index contributed by atoms with van der Waals surface area (Å²) in [6.07, 6.45) is 21.4. The Hall–Kier alpha value is -0.120. The van der Waals surface area contributed by atoms with Crippen molar-refractivity contribution in [3.63, 3.8) is 0 Å². The van der Waals surface area contributed by atoms with Gasteiger partial charge in [-0.2, -0.15) is 0 Å². The van der Waals surface area contributed by atoms with Crippen LogP contribution < -0.4 is 28.5 Å². The van der Waals surface area contributed by atoms with Crippen LogP contribution in [0.15, 0.2) is 30.6 Å². The van der Waals surface area contributed by atoms with Gasteiger partial charge < -0.3 is 24.0 Å². The van der Waals surface area contributed by atoms with Crippen molar-refractivity contribution in [3.8, 4) is 0 Å². The van der Waals surface area contributed by atoms with E-state index in [0.717, 1.165) is 5.92 Å². The van der Waals surface area contributed by atoms with E-state index in [0.29, 0.717) is 0 Å². The number of rotatable bonds is 14. The molecule has 0 bridgehead atoms. The minimum atomic E-state index is 0. The van der Waals surface area contributed by atoms with Crippen LogP contribution in [0.3, 0.4) is 0 Å². The molecule has 0 aromatic carbocycles. The lowest BCUT2D eigenvalue weighted by Crippen LogP contribution is -3.00. The molecule has 23 heavy (non-hydrogen) atoms. The van der Waals surface area contributed by atoms with Crippen LogP contribution in [-0.2, 0) is 6.54 Å². The predicted molar refractivity (Wildman–Crippen MR) is 96.9 cm³/mol. The molecule has 0 N–H and O–H groups in total. The highest BCUT2D eigenvalue weighted by molar-refractivity contribution is 4.83. The maximum absolute atomic E-state index is 2.43. The zero-order chi connectivity index (χ0) is 15.9. The molecule has 1 nitrogen and oxygen atoms in total. The van der Waals surface area contributed by atoms with Gasteiger partial charge >= 0.3 is 0 Å². The van der Waals surface area contributed by atoms with Gasteiger partial charge in [0, 0.05) is 18.6 Å². The number of nitrogens with zero attached hydrogens (tertiary/aromatic N) is 1. The Kier molecular flexibility index (Phi) is 16.6. The number of halogens is 1. The fourth-order valence-electron chi connectivity index (χ4n) is 3.15. The standard InChI is InChI=1S/C21H38N.HI/c1-3-4-5-6-7-8-9-10-12-16-21(2)17-15-20-22-18-13-11-14-19-22;/h11,13-14,18-19,21H,3-10,12,15-17,20H2,1-2H3;1H/q+1;/p-1/t21-;/m0./s1. The van der Waals surface area contributed by atoms with Crippen LogP contribution in [0.1, 0.15) is 90.9 Å². The maximum atomic E-state index is 2.43. The largest absolute Gasteiger partial charge is 1.00 e. The Morgan fingerprint density at radius 1 is 0.696 bits per heavy atom. The normalized spacial score (nSPS) is 11.9. The maximum Gasteiger partial charge on any atom is 0.168 e. The van der Waals surface area contributed by atoms with Crippen LogP contribution in [0.4, 0.5) is 0 Å². The smallest absolute Gasteiger partial charge is 0.168 e. The third-order valence-corrected chi connectivity index (χ3v) is 4.69. The minimum absolute atomic E-state index is 0. The van der Waals surface area contributed by atoms with Crippen molar-refractivity contribution >= 4 is 0 Å². The summed E-state index contributed by atoms with van der Waals surface area (Å²) < 4.78 is 2.30. The first-order chi connectivity index (χ1) is 10.8. The summed E-state index contributed by atoms with van der Waals surface area (Å²) in [4.78, 5) is 0. The van der Waals surface area contributed by atoms with Gasteiger partial charge in [0.25, 0.3) is 0 Å². The van der Waals surface area contributed by atoms with Crippen LogP contribution in [0.2, 0.25) is 0 Å². The molecule has 0 aliphatic carbocycles. The van der Waals surface area contributed by atoms with E-state index in [4.69, 9.17) is 0 Å². The lowest BCUT2D eigenvalue weighted by atomic mass is 9.97. The van der Waals surface area contributed by atoms with Crippen molar-refractivity contribution < 1.29 is 28.5 Å². The lowest BCUT2D eigenvalue weighted by molar-refractivity contribution is -0.697. The zero-order valence-corrected chi connectivity index (χ0v) is 17.6. The van der Waals surface area contributed by atoms with Crippen molar-refractivity contribution in [2.24, 2.45) is 5.92 Å². The van der Waals surface area contributed by atoms with E-state index in [1.165, 1.54) is 83.6 Å². The molecule has 1 heterocycles. The molecule has 2 heteroatoms. The number of hydrogen-bond donors (Lipinski definition) is 0. The van der Waals surface area contributed by atoms with Crippen molar-refractivity contribution in [2.75, 3.05) is 0 Å². The van der Waals surface area contributed by atoms with Gasteiger partial charge in [-0.1, -0.05) is 84.1 Å². The number of aryl methyl sites for hydroxylation is 1. The van der Waals surface area contributed by atoms with Gasteiger partial charge in [-0.05, 0) is 12.3 Å². The summed E-state index contributed by atoms with van der Waals surface area (Å²) in [7, 11) is 0. The highest BCUT2D eigenvalue weighted by atomic mass is 127.